The van der Waals surface area contributed by atoms with Crippen molar-refractivity contribution in [2.24, 2.45) is 0 Å². The van der Waals surface area contributed by atoms with Gasteiger partial charge in [0.1, 0.15) is 0 Å². The molecule has 2 nitrogen and oxygen atoms in total. The molecule has 0 atom stereocenters. The van der Waals surface area contributed by atoms with Gasteiger partial charge in [-0.15, -0.1) is 0 Å². The van der Waals surface area contributed by atoms with Gasteiger partial charge >= 0.3 is 58.2 Å². The van der Waals surface area contributed by atoms with Crippen molar-refractivity contribution in [3.8, 4) is 0 Å². The number of hydrogen-bond acceptors (Lipinski definition) is 2. The van der Waals surface area contributed by atoms with E-state index in [1.54, 1.807) is 0 Å². The number of carboxylic acid groups (broad SMARTS) is 1. The van der Waals surface area contributed by atoms with Crippen molar-refractivity contribution < 1.29 is 9.90 Å². The summed E-state index contributed by atoms with van der Waals surface area (Å²) in [5.74, 6) is -0.911. The number of hydrogen-bond donors (Lipinski definition) is 0. The van der Waals surface area contributed by atoms with E-state index in [1.807, 2.05) is 0 Å². The Hall–Kier alpha value is 0.0284. The molecule has 0 aromatic carbocycles. The maximum absolute atomic E-state index is 9.96. The maximum atomic E-state index is 9.96. The Balaban J connectivity index is 3.39. The molecule has 0 aliphatic carbocycles. The molecule has 9 heavy (non-hydrogen) atoms. The van der Waals surface area contributed by atoms with Gasteiger partial charge in [0.15, 0.2) is 0 Å². The molecule has 0 bridgehead atoms. The van der Waals surface area contributed by atoms with E-state index in [-0.39, 0.29) is 6.42 Å². The molecule has 0 aliphatic rings. The first-order valence-electron chi connectivity index (χ1n) is 2.92. The number of aliphatic carboxylic acids is 1. The SMILES string of the molecule is C[As+](C)(C)CCC(=O)[O-]. The molecule has 0 radical (unpaired) electrons. The molecule has 54 valence electrons. The predicted octanol–water partition coefficient (Wildman–Crippen LogP) is 0.465. The quantitative estimate of drug-likeness (QED) is 0.609. The molecule has 3 heteroatoms. The monoisotopic (exact) mass is 192 g/mol. The molecule has 0 spiro atoms. The average molecular weight is 192 g/mol. The standard InChI is InChI=1S/C6H13AsO2/c1-7(2,3)5-4-6(8)9/h4-5H2,1-3H3. The van der Waals surface area contributed by atoms with E-state index in [0.29, 0.717) is 0 Å². The molecule has 0 aromatic rings. The van der Waals surface area contributed by atoms with Gasteiger partial charge in [-0.1, -0.05) is 0 Å². The normalized spacial score (nSPS) is 11.4. The second-order valence-corrected chi connectivity index (χ2v) is 13.7. The van der Waals surface area contributed by atoms with Crippen LogP contribution in [0.5, 0.6) is 0 Å². The van der Waals surface area contributed by atoms with Crippen molar-refractivity contribution in [3.05, 3.63) is 0 Å². The van der Waals surface area contributed by atoms with Gasteiger partial charge in [0.2, 0.25) is 0 Å². The zero-order valence-corrected chi connectivity index (χ0v) is 8.05. The second kappa shape index (κ2) is 3.26. The van der Waals surface area contributed by atoms with Crippen LogP contribution in [0.15, 0.2) is 0 Å². The van der Waals surface area contributed by atoms with Gasteiger partial charge in [-0.05, 0) is 0 Å². The molecule has 0 aliphatic heterocycles. The van der Waals surface area contributed by atoms with Crippen LogP contribution >= 0.6 is 0 Å². The van der Waals surface area contributed by atoms with E-state index in [4.69, 9.17) is 0 Å². The Bertz CT molecular complexity index is 104. The average Bonchev–Trinajstić information content (AvgIpc) is 1.59. The first kappa shape index (κ1) is 9.03. The summed E-state index contributed by atoms with van der Waals surface area (Å²) >= 11 is -1.44. The first-order chi connectivity index (χ1) is 3.92. The molecule has 0 fully saturated rings. The molecule has 0 heterocycles. The van der Waals surface area contributed by atoms with E-state index < -0.39 is 19.5 Å². The molecular weight excluding hydrogens is 179 g/mol. The van der Waals surface area contributed by atoms with Gasteiger partial charge in [0.05, 0.1) is 0 Å². The van der Waals surface area contributed by atoms with Crippen molar-refractivity contribution in [1.29, 1.82) is 0 Å². The van der Waals surface area contributed by atoms with Crippen molar-refractivity contribution in [2.75, 3.05) is 0 Å². The Morgan fingerprint density at radius 3 is 2.00 bits per heavy atom. The van der Waals surface area contributed by atoms with Crippen LogP contribution in [0.25, 0.3) is 0 Å². The van der Waals surface area contributed by atoms with Gasteiger partial charge < -0.3 is 0 Å². The number of carboxylic acids is 1. The van der Waals surface area contributed by atoms with Crippen LogP contribution in [0.2, 0.25) is 22.3 Å². The van der Waals surface area contributed by atoms with Crippen molar-refractivity contribution in [2.45, 2.75) is 28.8 Å². The predicted molar refractivity (Wildman–Crippen MR) is 37.8 cm³/mol. The number of carbonyl (C=O) groups excluding carboxylic acids is 1. The summed E-state index contributed by atoms with van der Waals surface area (Å²) in [6.45, 7) is 0. The Labute approximate surface area is 58.7 Å². The van der Waals surface area contributed by atoms with Crippen LogP contribution in [0.1, 0.15) is 6.42 Å². The minimum absolute atomic E-state index is 0.247. The van der Waals surface area contributed by atoms with Crippen LogP contribution in [-0.4, -0.2) is 19.5 Å². The molecular formula is C6H13AsO2. The summed E-state index contributed by atoms with van der Waals surface area (Å²) in [5, 5.41) is 10.8. The van der Waals surface area contributed by atoms with E-state index >= 15 is 0 Å². The Kier molecular flexibility index (Phi) is 3.27. The van der Waals surface area contributed by atoms with Crippen LogP contribution in [0.4, 0.5) is 0 Å². The van der Waals surface area contributed by atoms with E-state index in [1.165, 1.54) is 0 Å². The fourth-order valence-electron chi connectivity index (χ4n) is 0.427. The van der Waals surface area contributed by atoms with E-state index in [9.17, 15) is 9.90 Å². The van der Waals surface area contributed by atoms with Crippen molar-refractivity contribution >= 4 is 19.5 Å². The van der Waals surface area contributed by atoms with Crippen LogP contribution in [-0.2, 0) is 4.79 Å². The third kappa shape index (κ3) is 8.03. The summed E-state index contributed by atoms with van der Waals surface area (Å²) in [6.07, 6.45) is 0.247. The molecule has 0 aromatic heterocycles. The summed E-state index contributed by atoms with van der Waals surface area (Å²) < 4.78 is 0. The first-order valence-corrected chi connectivity index (χ1v) is 9.88. The van der Waals surface area contributed by atoms with Crippen LogP contribution in [0.3, 0.4) is 0 Å². The van der Waals surface area contributed by atoms with Gasteiger partial charge in [-0.25, -0.2) is 0 Å². The topological polar surface area (TPSA) is 40.1 Å². The summed E-state index contributed by atoms with van der Waals surface area (Å²) in [4.78, 5) is 9.96. The zero-order valence-electron chi connectivity index (χ0n) is 6.18. The second-order valence-electron chi connectivity index (χ2n) is 3.14. The Morgan fingerprint density at radius 2 is 1.89 bits per heavy atom. The molecule has 0 saturated heterocycles. The van der Waals surface area contributed by atoms with Gasteiger partial charge in [-0.3, -0.25) is 0 Å². The summed E-state index contributed by atoms with van der Waals surface area (Å²) in [6, 6.07) is 0. The fraction of sp³-hybridized carbons (Fsp3) is 0.833. The third-order valence-electron chi connectivity index (χ3n) is 0.987. The molecule has 0 amide bonds. The molecule has 0 saturated carbocycles. The van der Waals surface area contributed by atoms with Crippen molar-refractivity contribution in [1.82, 2.24) is 0 Å². The van der Waals surface area contributed by atoms with Gasteiger partial charge in [0.25, 0.3) is 0 Å². The third-order valence-corrected chi connectivity index (χ3v) is 4.27. The summed E-state index contributed by atoms with van der Waals surface area (Å²) in [5.41, 5.74) is 6.55. The number of rotatable bonds is 3. The van der Waals surface area contributed by atoms with E-state index in [0.717, 1.165) is 5.21 Å². The zero-order chi connectivity index (χ0) is 7.49. The molecule has 0 rings (SSSR count). The van der Waals surface area contributed by atoms with E-state index in [2.05, 4.69) is 17.1 Å². The Morgan fingerprint density at radius 1 is 1.44 bits per heavy atom. The van der Waals surface area contributed by atoms with Gasteiger partial charge in [0, 0.05) is 0 Å². The molecule has 0 N–H and O–H groups in total. The van der Waals surface area contributed by atoms with Crippen molar-refractivity contribution in [3.63, 3.8) is 0 Å². The summed E-state index contributed by atoms with van der Waals surface area (Å²) in [7, 11) is 0. The molecule has 0 unspecified atom stereocenters. The van der Waals surface area contributed by atoms with Crippen LogP contribution in [0, 0.1) is 0 Å². The van der Waals surface area contributed by atoms with Gasteiger partial charge in [-0.2, -0.15) is 0 Å². The number of carbonyl (C=O) groups is 1. The minimum atomic E-state index is -1.44. The fourth-order valence-corrected chi connectivity index (χ4v) is 2.22. The van der Waals surface area contributed by atoms with Crippen LogP contribution < -0.4 is 5.11 Å².